The van der Waals surface area contributed by atoms with Crippen molar-refractivity contribution in [3.05, 3.63) is 40.4 Å². The molecule has 1 aromatic heterocycles. The Morgan fingerprint density at radius 1 is 0.889 bits per heavy atom. The van der Waals surface area contributed by atoms with Crippen molar-refractivity contribution < 1.29 is 29.4 Å². The average molecular weight is 646 g/mol. The van der Waals surface area contributed by atoms with Crippen LogP contribution in [0.15, 0.2) is 24.3 Å². The van der Waals surface area contributed by atoms with Gasteiger partial charge in [-0.1, -0.05) is 12.1 Å². The SMILES string of the molecule is CC(=O)Nc1nc(CCc2ccc(NC(N(C(=O)O)C(C)(C)C)N(C(=O)O)C(C)(C)C)cc2)c(CN2CCN(C(C)=O)CC2)s1. The number of thiazole rings is 1. The van der Waals surface area contributed by atoms with E-state index in [0.29, 0.717) is 43.3 Å². The summed E-state index contributed by atoms with van der Waals surface area (Å²) in [6, 6.07) is 7.47. The maximum absolute atomic E-state index is 12.4. The molecule has 0 saturated carbocycles. The van der Waals surface area contributed by atoms with Crippen molar-refractivity contribution in [1.29, 1.82) is 0 Å². The molecule has 1 aliphatic rings. The van der Waals surface area contributed by atoms with Gasteiger partial charge in [0, 0.05) is 68.2 Å². The summed E-state index contributed by atoms with van der Waals surface area (Å²) in [7, 11) is 0. The Labute approximate surface area is 269 Å². The number of carbonyl (C=O) groups excluding carboxylic acids is 2. The van der Waals surface area contributed by atoms with Crippen LogP contribution in [0.2, 0.25) is 0 Å². The van der Waals surface area contributed by atoms with Crippen molar-refractivity contribution in [2.45, 2.75) is 92.1 Å². The molecular weight excluding hydrogens is 598 g/mol. The Hall–Kier alpha value is -3.91. The fourth-order valence-corrected chi connectivity index (χ4v) is 6.37. The number of rotatable bonds is 10. The zero-order chi connectivity index (χ0) is 33.7. The highest BCUT2D eigenvalue weighted by Crippen LogP contribution is 2.29. The number of nitrogens with one attached hydrogen (secondary N) is 2. The summed E-state index contributed by atoms with van der Waals surface area (Å²) < 4.78 is 0. The predicted molar refractivity (Wildman–Crippen MR) is 174 cm³/mol. The first-order valence-corrected chi connectivity index (χ1v) is 15.8. The van der Waals surface area contributed by atoms with Crippen LogP contribution in [0.5, 0.6) is 0 Å². The molecule has 0 bridgehead atoms. The number of carbonyl (C=O) groups is 4. The highest BCUT2D eigenvalue weighted by molar-refractivity contribution is 7.15. The van der Waals surface area contributed by atoms with Gasteiger partial charge < -0.3 is 25.7 Å². The van der Waals surface area contributed by atoms with E-state index >= 15 is 0 Å². The van der Waals surface area contributed by atoms with Crippen LogP contribution in [0, 0.1) is 0 Å². The molecule has 1 aliphatic heterocycles. The van der Waals surface area contributed by atoms with Crippen LogP contribution in [-0.2, 0) is 29.0 Å². The second kappa shape index (κ2) is 14.5. The van der Waals surface area contributed by atoms with Crippen molar-refractivity contribution >= 4 is 46.2 Å². The lowest BCUT2D eigenvalue weighted by Gasteiger charge is -2.48. The minimum absolute atomic E-state index is 0.0830. The molecule has 4 N–H and O–H groups in total. The molecule has 45 heavy (non-hydrogen) atoms. The van der Waals surface area contributed by atoms with Crippen molar-refractivity contribution in [3.8, 4) is 0 Å². The van der Waals surface area contributed by atoms with Crippen LogP contribution in [-0.4, -0.2) is 102 Å². The minimum Gasteiger partial charge on any atom is -0.465 e. The van der Waals surface area contributed by atoms with Crippen LogP contribution in [0.4, 0.5) is 20.4 Å². The number of piperazine rings is 1. The molecular formula is C31H47N7O6S. The van der Waals surface area contributed by atoms with Gasteiger partial charge in [0.2, 0.25) is 11.8 Å². The molecule has 0 radical (unpaired) electrons. The molecule has 0 spiro atoms. The largest absolute Gasteiger partial charge is 0.465 e. The fraction of sp³-hybridized carbons (Fsp3) is 0.581. The topological polar surface area (TPSA) is 159 Å². The Kier molecular flexibility index (Phi) is 11.4. The van der Waals surface area contributed by atoms with Gasteiger partial charge in [0.25, 0.3) is 0 Å². The quantitative estimate of drug-likeness (QED) is 0.266. The van der Waals surface area contributed by atoms with Gasteiger partial charge in [0.05, 0.1) is 5.69 Å². The minimum atomic E-state index is -1.24. The number of nitrogens with zero attached hydrogens (tertiary/aromatic N) is 5. The predicted octanol–water partition coefficient (Wildman–Crippen LogP) is 4.80. The molecule has 2 heterocycles. The Balaban J connectivity index is 1.78. The van der Waals surface area contributed by atoms with E-state index < -0.39 is 29.6 Å². The molecule has 13 nitrogen and oxygen atoms in total. The standard InChI is InChI=1S/C31H47N7O6S/c1-20(39)32-26-34-24(25(45-26)19-35-15-17-36(18-16-35)21(2)40)14-11-22-9-12-23(13-10-22)33-27(37(28(41)42)30(3,4)5)38(29(43)44)31(6,7)8/h9-10,12-13,27,33H,11,14-19H2,1-8H3,(H,41,42)(H,43,44)(H,32,34,39). The smallest absolute Gasteiger partial charge is 0.410 e. The molecule has 1 aromatic carbocycles. The summed E-state index contributed by atoms with van der Waals surface area (Å²) in [4.78, 5) is 60.3. The van der Waals surface area contributed by atoms with Crippen LogP contribution in [0.1, 0.15) is 71.5 Å². The molecule has 1 saturated heterocycles. The zero-order valence-corrected chi connectivity index (χ0v) is 28.3. The number of amides is 4. The van der Waals surface area contributed by atoms with E-state index in [9.17, 15) is 29.4 Å². The first kappa shape index (κ1) is 35.6. The normalized spacial score (nSPS) is 14.3. The first-order valence-electron chi connectivity index (χ1n) is 15.0. The lowest BCUT2D eigenvalue weighted by molar-refractivity contribution is -0.130. The summed E-state index contributed by atoms with van der Waals surface area (Å²) in [6.07, 6.45) is -2.36. The van der Waals surface area contributed by atoms with Gasteiger partial charge in [-0.2, -0.15) is 0 Å². The highest BCUT2D eigenvalue weighted by Gasteiger charge is 2.43. The zero-order valence-electron chi connectivity index (χ0n) is 27.5. The molecule has 2 aromatic rings. The van der Waals surface area contributed by atoms with Crippen LogP contribution in [0.3, 0.4) is 0 Å². The average Bonchev–Trinajstić information content (AvgIpc) is 3.26. The summed E-state index contributed by atoms with van der Waals surface area (Å²) in [5.41, 5.74) is 0.700. The van der Waals surface area contributed by atoms with Gasteiger partial charge in [-0.3, -0.25) is 24.3 Å². The number of aryl methyl sites for hydroxylation is 2. The monoisotopic (exact) mass is 645 g/mol. The number of carboxylic acid groups (broad SMARTS) is 2. The van der Waals surface area contributed by atoms with Crippen molar-refractivity contribution in [3.63, 3.8) is 0 Å². The summed E-state index contributed by atoms with van der Waals surface area (Å²) >= 11 is 1.47. The second-order valence-electron chi connectivity index (χ2n) is 13.2. The number of benzene rings is 1. The molecule has 0 unspecified atom stereocenters. The van der Waals surface area contributed by atoms with E-state index in [2.05, 4.69) is 15.5 Å². The van der Waals surface area contributed by atoms with E-state index in [4.69, 9.17) is 4.98 Å². The lowest BCUT2D eigenvalue weighted by Crippen LogP contribution is -2.66. The third kappa shape index (κ3) is 9.79. The maximum Gasteiger partial charge on any atom is 0.410 e. The molecule has 14 heteroatoms. The number of aromatic nitrogens is 1. The van der Waals surface area contributed by atoms with Gasteiger partial charge in [0.15, 0.2) is 11.4 Å². The fourth-order valence-electron chi connectivity index (χ4n) is 5.27. The summed E-state index contributed by atoms with van der Waals surface area (Å²) in [6.45, 7) is 17.0. The highest BCUT2D eigenvalue weighted by atomic mass is 32.1. The van der Waals surface area contributed by atoms with E-state index in [-0.39, 0.29) is 11.8 Å². The third-order valence-electron chi connectivity index (χ3n) is 7.49. The van der Waals surface area contributed by atoms with Gasteiger partial charge >= 0.3 is 12.2 Å². The van der Waals surface area contributed by atoms with Crippen molar-refractivity contribution in [1.82, 2.24) is 24.6 Å². The molecule has 4 amide bonds. The molecule has 3 rings (SSSR count). The van der Waals surface area contributed by atoms with Crippen LogP contribution in [0.25, 0.3) is 0 Å². The molecule has 1 fully saturated rings. The van der Waals surface area contributed by atoms with Crippen molar-refractivity contribution in [2.24, 2.45) is 0 Å². The number of anilines is 2. The summed E-state index contributed by atoms with van der Waals surface area (Å²) in [5.74, 6) is -0.0983. The van der Waals surface area contributed by atoms with Gasteiger partial charge in [-0.15, -0.1) is 11.3 Å². The van der Waals surface area contributed by atoms with E-state index in [1.807, 2.05) is 29.2 Å². The molecule has 0 aliphatic carbocycles. The number of hydrogen-bond donors (Lipinski definition) is 4. The Bertz CT molecular complexity index is 1330. The number of hydrogen-bond acceptors (Lipinski definition) is 8. The van der Waals surface area contributed by atoms with E-state index in [1.165, 1.54) is 18.3 Å². The lowest BCUT2D eigenvalue weighted by atomic mass is 10.0. The third-order valence-corrected chi connectivity index (χ3v) is 8.49. The second-order valence-corrected chi connectivity index (χ2v) is 14.3. The van der Waals surface area contributed by atoms with Crippen molar-refractivity contribution in [2.75, 3.05) is 36.8 Å². The molecule has 248 valence electrons. The van der Waals surface area contributed by atoms with Gasteiger partial charge in [-0.25, -0.2) is 14.6 Å². The van der Waals surface area contributed by atoms with Gasteiger partial charge in [-0.05, 0) is 72.1 Å². The van der Waals surface area contributed by atoms with E-state index in [1.54, 1.807) is 48.5 Å². The van der Waals surface area contributed by atoms with E-state index in [0.717, 1.165) is 39.0 Å². The van der Waals surface area contributed by atoms with Crippen LogP contribution >= 0.6 is 11.3 Å². The molecule has 0 atom stereocenters. The first-order chi connectivity index (χ1) is 20.9. The summed E-state index contributed by atoms with van der Waals surface area (Å²) in [5, 5.41) is 26.7. The van der Waals surface area contributed by atoms with Gasteiger partial charge in [0.1, 0.15) is 0 Å². The van der Waals surface area contributed by atoms with Crippen LogP contribution < -0.4 is 10.6 Å². The Morgan fingerprint density at radius 3 is 1.87 bits per heavy atom. The maximum atomic E-state index is 12.4. The Morgan fingerprint density at radius 2 is 1.42 bits per heavy atom.